The van der Waals surface area contributed by atoms with Crippen molar-refractivity contribution in [3.8, 4) is 0 Å². The first-order chi connectivity index (χ1) is 12.9. The lowest BCUT2D eigenvalue weighted by Crippen LogP contribution is -2.21. The van der Waals surface area contributed by atoms with Crippen LogP contribution in [-0.2, 0) is 16.1 Å². The van der Waals surface area contributed by atoms with Crippen LogP contribution in [0.15, 0.2) is 23.4 Å². The largest absolute Gasteiger partial charge is 0.368 e. The number of thioether (sulfide) groups is 1. The van der Waals surface area contributed by atoms with Gasteiger partial charge in [0.05, 0.1) is 5.75 Å². The van der Waals surface area contributed by atoms with Crippen molar-refractivity contribution < 1.29 is 9.59 Å². The average Bonchev–Trinajstić information content (AvgIpc) is 3.37. The second-order valence-electron chi connectivity index (χ2n) is 7.20. The first kappa shape index (κ1) is 19.4. The molecule has 3 N–H and O–H groups in total. The van der Waals surface area contributed by atoms with Crippen LogP contribution < -0.4 is 11.1 Å². The molecule has 2 aromatic rings. The highest BCUT2D eigenvalue weighted by molar-refractivity contribution is 7.99. The highest BCUT2D eigenvalue weighted by atomic mass is 32.2. The Bertz CT molecular complexity index is 858. The van der Waals surface area contributed by atoms with E-state index >= 15 is 0 Å². The summed E-state index contributed by atoms with van der Waals surface area (Å²) in [5.74, 6) is 1.08. The molecule has 27 heavy (non-hydrogen) atoms. The van der Waals surface area contributed by atoms with E-state index in [4.69, 9.17) is 5.73 Å². The van der Waals surface area contributed by atoms with Gasteiger partial charge in [0, 0.05) is 11.6 Å². The molecule has 0 saturated heterocycles. The maximum Gasteiger partial charge on any atom is 0.237 e. The Morgan fingerprint density at radius 1 is 1.33 bits per heavy atom. The molecule has 0 atom stereocenters. The van der Waals surface area contributed by atoms with Crippen LogP contribution in [0.2, 0.25) is 0 Å². The number of hydrogen-bond acceptors (Lipinski definition) is 5. The molecule has 0 spiro atoms. The molecule has 8 heteroatoms. The number of nitrogens with two attached hydrogens (primary N) is 1. The van der Waals surface area contributed by atoms with E-state index in [9.17, 15) is 9.59 Å². The fourth-order valence-electron chi connectivity index (χ4n) is 3.00. The highest BCUT2D eigenvalue weighted by Crippen LogP contribution is 2.40. The number of carbonyl (C=O) groups excluding carboxylic acids is 2. The normalized spacial score (nSPS) is 13.8. The maximum atomic E-state index is 12.5. The lowest BCUT2D eigenvalue weighted by molar-refractivity contribution is -0.118. The lowest BCUT2D eigenvalue weighted by Gasteiger charge is -2.16. The fourth-order valence-corrected chi connectivity index (χ4v) is 3.75. The summed E-state index contributed by atoms with van der Waals surface area (Å²) in [5.41, 5.74) is 8.38. The van der Waals surface area contributed by atoms with Gasteiger partial charge in [-0.15, -0.1) is 10.2 Å². The van der Waals surface area contributed by atoms with Gasteiger partial charge in [-0.2, -0.15) is 0 Å². The summed E-state index contributed by atoms with van der Waals surface area (Å²) in [6.07, 6.45) is 2.10. The van der Waals surface area contributed by atoms with Crippen molar-refractivity contribution in [1.82, 2.24) is 14.8 Å². The Hall–Kier alpha value is -2.35. The van der Waals surface area contributed by atoms with Crippen LogP contribution in [-0.4, -0.2) is 32.3 Å². The molecule has 144 valence electrons. The second kappa shape index (κ2) is 8.12. The summed E-state index contributed by atoms with van der Waals surface area (Å²) >= 11 is 1.27. The van der Waals surface area contributed by atoms with Gasteiger partial charge in [-0.25, -0.2) is 0 Å². The van der Waals surface area contributed by atoms with Crippen LogP contribution in [0.4, 0.5) is 5.69 Å². The van der Waals surface area contributed by atoms with Crippen LogP contribution in [0.3, 0.4) is 0 Å². The smallest absolute Gasteiger partial charge is 0.237 e. The molecule has 2 amide bonds. The fraction of sp³-hybridized carbons (Fsp3) is 0.474. The number of nitrogens with one attached hydrogen (secondary N) is 1. The highest BCUT2D eigenvalue weighted by Gasteiger charge is 2.31. The van der Waals surface area contributed by atoms with Crippen molar-refractivity contribution in [2.24, 2.45) is 5.73 Å². The molecule has 3 rings (SSSR count). The number of aromatic nitrogens is 3. The third kappa shape index (κ3) is 4.68. The molecule has 7 nitrogen and oxygen atoms in total. The van der Waals surface area contributed by atoms with E-state index in [-0.39, 0.29) is 18.2 Å². The SMILES string of the molecule is Cc1cccc(C(C)C)c1NC(=O)CSc1nnc(C2CC2)n1CC(N)=O. The van der Waals surface area contributed by atoms with Crippen LogP contribution >= 0.6 is 11.8 Å². The number of para-hydroxylation sites is 1. The molecule has 1 aromatic heterocycles. The molecular formula is C19H25N5O2S. The third-order valence-electron chi connectivity index (χ3n) is 4.53. The van der Waals surface area contributed by atoms with Crippen molar-refractivity contribution in [3.05, 3.63) is 35.2 Å². The predicted octanol–water partition coefficient (Wildman–Crippen LogP) is 2.80. The number of carbonyl (C=O) groups is 2. The van der Waals surface area contributed by atoms with Gasteiger partial charge in [0.1, 0.15) is 12.4 Å². The Morgan fingerprint density at radius 3 is 2.70 bits per heavy atom. The summed E-state index contributed by atoms with van der Waals surface area (Å²) in [5, 5.41) is 11.9. The Labute approximate surface area is 163 Å². The minimum absolute atomic E-state index is 0.0398. The summed E-state index contributed by atoms with van der Waals surface area (Å²) in [7, 11) is 0. The van der Waals surface area contributed by atoms with E-state index in [0.717, 1.165) is 35.5 Å². The molecule has 1 aliphatic carbocycles. The Kier molecular flexibility index (Phi) is 5.84. The number of nitrogens with zero attached hydrogens (tertiary/aromatic N) is 3. The Balaban J connectivity index is 1.69. The molecule has 1 fully saturated rings. The van der Waals surface area contributed by atoms with Gasteiger partial charge < -0.3 is 11.1 Å². The maximum absolute atomic E-state index is 12.5. The molecule has 1 aliphatic rings. The van der Waals surface area contributed by atoms with E-state index in [1.165, 1.54) is 11.8 Å². The molecule has 0 radical (unpaired) electrons. The minimum atomic E-state index is -0.440. The quantitative estimate of drug-likeness (QED) is 0.678. The van der Waals surface area contributed by atoms with E-state index in [1.807, 2.05) is 25.1 Å². The third-order valence-corrected chi connectivity index (χ3v) is 5.49. The van der Waals surface area contributed by atoms with E-state index < -0.39 is 5.91 Å². The number of primary amides is 1. The van der Waals surface area contributed by atoms with Crippen molar-refractivity contribution in [2.75, 3.05) is 11.1 Å². The summed E-state index contributed by atoms with van der Waals surface area (Å²) in [6.45, 7) is 6.23. The van der Waals surface area contributed by atoms with Crippen molar-refractivity contribution in [1.29, 1.82) is 0 Å². The zero-order valence-corrected chi connectivity index (χ0v) is 16.7. The van der Waals surface area contributed by atoms with Crippen LogP contribution in [0.1, 0.15) is 55.5 Å². The summed E-state index contributed by atoms with van der Waals surface area (Å²) in [6, 6.07) is 6.02. The number of rotatable bonds is 8. The van der Waals surface area contributed by atoms with Gasteiger partial charge in [-0.1, -0.05) is 43.8 Å². The Morgan fingerprint density at radius 2 is 2.07 bits per heavy atom. The van der Waals surface area contributed by atoms with Crippen molar-refractivity contribution in [2.45, 2.75) is 57.1 Å². The predicted molar refractivity (Wildman–Crippen MR) is 106 cm³/mol. The van der Waals surface area contributed by atoms with Gasteiger partial charge in [0.2, 0.25) is 11.8 Å². The lowest BCUT2D eigenvalue weighted by atomic mass is 9.98. The molecule has 0 aliphatic heterocycles. The zero-order valence-electron chi connectivity index (χ0n) is 15.9. The number of amides is 2. The molecular weight excluding hydrogens is 362 g/mol. The first-order valence-corrected chi connectivity index (χ1v) is 10.1. The van der Waals surface area contributed by atoms with Crippen LogP contribution in [0.25, 0.3) is 0 Å². The molecule has 1 aromatic carbocycles. The first-order valence-electron chi connectivity index (χ1n) is 9.10. The number of benzene rings is 1. The van der Waals surface area contributed by atoms with Crippen molar-refractivity contribution >= 4 is 29.3 Å². The second-order valence-corrected chi connectivity index (χ2v) is 8.14. The van der Waals surface area contributed by atoms with Gasteiger partial charge >= 0.3 is 0 Å². The van der Waals surface area contributed by atoms with E-state index in [2.05, 4.69) is 29.4 Å². The minimum Gasteiger partial charge on any atom is -0.368 e. The van der Waals surface area contributed by atoms with Crippen molar-refractivity contribution in [3.63, 3.8) is 0 Å². The summed E-state index contributed by atoms with van der Waals surface area (Å²) < 4.78 is 1.74. The molecule has 0 unspecified atom stereocenters. The number of hydrogen-bond donors (Lipinski definition) is 2. The topological polar surface area (TPSA) is 103 Å². The average molecular weight is 388 g/mol. The molecule has 0 bridgehead atoms. The molecule has 1 heterocycles. The van der Waals surface area contributed by atoms with Gasteiger partial charge in [-0.3, -0.25) is 14.2 Å². The van der Waals surface area contributed by atoms with E-state index in [1.54, 1.807) is 4.57 Å². The zero-order chi connectivity index (χ0) is 19.6. The standard InChI is InChI=1S/C19H25N5O2S/c1-11(2)14-6-4-5-12(3)17(14)21-16(26)10-27-19-23-22-18(13-7-8-13)24(19)9-15(20)25/h4-6,11,13H,7-10H2,1-3H3,(H2,20,25)(H,21,26). The van der Waals surface area contributed by atoms with Crippen LogP contribution in [0.5, 0.6) is 0 Å². The monoisotopic (exact) mass is 387 g/mol. The number of anilines is 1. The van der Waals surface area contributed by atoms with Gasteiger partial charge in [0.25, 0.3) is 0 Å². The molecule has 1 saturated carbocycles. The van der Waals surface area contributed by atoms with Gasteiger partial charge in [-0.05, 0) is 36.8 Å². The van der Waals surface area contributed by atoms with Gasteiger partial charge in [0.15, 0.2) is 5.16 Å². The summed E-state index contributed by atoms with van der Waals surface area (Å²) in [4.78, 5) is 23.9. The van der Waals surface area contributed by atoms with Crippen LogP contribution in [0, 0.1) is 6.92 Å². The van der Waals surface area contributed by atoms with E-state index in [0.29, 0.717) is 17.0 Å². The number of aryl methyl sites for hydroxylation is 1.